The second-order valence-corrected chi connectivity index (χ2v) is 5.90. The minimum Gasteiger partial charge on any atom is -0.338 e. The van der Waals surface area contributed by atoms with Gasteiger partial charge in [-0.3, -0.25) is 0 Å². The van der Waals surface area contributed by atoms with Gasteiger partial charge in [0.15, 0.2) is 0 Å². The molecule has 1 aromatic carbocycles. The molecule has 0 saturated carbocycles. The fourth-order valence-electron chi connectivity index (χ4n) is 3.03. The van der Waals surface area contributed by atoms with Crippen LogP contribution in [-0.2, 0) is 12.8 Å². The van der Waals surface area contributed by atoms with Gasteiger partial charge in [-0.05, 0) is 56.1 Å². The summed E-state index contributed by atoms with van der Waals surface area (Å²) in [5.74, 6) is 0. The number of nitrogens with one attached hydrogen (secondary N) is 2. The molecule has 1 aliphatic rings. The highest BCUT2D eigenvalue weighted by Crippen LogP contribution is 2.22. The number of amides is 2. The molecule has 2 rings (SSSR count). The largest absolute Gasteiger partial charge is 0.338 e. The van der Waals surface area contributed by atoms with Crippen LogP contribution >= 0.6 is 0 Å². The van der Waals surface area contributed by atoms with Crippen LogP contribution in [-0.4, -0.2) is 12.6 Å². The third-order valence-electron chi connectivity index (χ3n) is 4.35. The van der Waals surface area contributed by atoms with E-state index in [-0.39, 0.29) is 6.03 Å². The molecule has 3 heteroatoms. The van der Waals surface area contributed by atoms with E-state index in [2.05, 4.69) is 48.8 Å². The van der Waals surface area contributed by atoms with E-state index in [9.17, 15) is 4.79 Å². The van der Waals surface area contributed by atoms with Crippen molar-refractivity contribution in [2.45, 2.75) is 58.8 Å². The van der Waals surface area contributed by atoms with Crippen LogP contribution in [0.4, 0.5) is 10.5 Å². The van der Waals surface area contributed by atoms with E-state index < -0.39 is 0 Å². The summed E-state index contributed by atoms with van der Waals surface area (Å²) >= 11 is 0. The fraction of sp³-hybridized carbons (Fsp3) is 0.526. The summed E-state index contributed by atoms with van der Waals surface area (Å²) in [6.07, 6.45) is 10.2. The molecule has 2 amide bonds. The molecule has 0 bridgehead atoms. The van der Waals surface area contributed by atoms with Crippen molar-refractivity contribution < 1.29 is 4.79 Å². The summed E-state index contributed by atoms with van der Waals surface area (Å²) in [4.78, 5) is 12.1. The molecule has 2 N–H and O–H groups in total. The maximum Gasteiger partial charge on any atom is 0.319 e. The number of allylic oxidation sites excluding steroid dienone is 1. The Morgan fingerprint density at radius 1 is 1.14 bits per heavy atom. The SMILES string of the molecule is CCc1cccc(CC)c1NC(=O)NCCC1=CCCCC1. The zero-order valence-corrected chi connectivity index (χ0v) is 13.9. The van der Waals surface area contributed by atoms with Crippen molar-refractivity contribution in [2.24, 2.45) is 0 Å². The lowest BCUT2D eigenvalue weighted by atomic mass is 9.97. The minimum absolute atomic E-state index is 0.0907. The highest BCUT2D eigenvalue weighted by molar-refractivity contribution is 5.91. The molecule has 0 atom stereocenters. The minimum atomic E-state index is -0.0907. The molecular formula is C19H28N2O. The van der Waals surface area contributed by atoms with E-state index in [1.165, 1.54) is 42.4 Å². The molecule has 0 saturated heterocycles. The number of anilines is 1. The summed E-state index contributed by atoms with van der Waals surface area (Å²) in [7, 11) is 0. The lowest BCUT2D eigenvalue weighted by molar-refractivity contribution is 0.252. The Balaban J connectivity index is 1.87. The molecule has 0 radical (unpaired) electrons. The average molecular weight is 300 g/mol. The van der Waals surface area contributed by atoms with Crippen LogP contribution < -0.4 is 10.6 Å². The summed E-state index contributed by atoms with van der Waals surface area (Å²) in [6.45, 7) is 4.95. The Morgan fingerprint density at radius 2 is 1.86 bits per heavy atom. The predicted molar refractivity (Wildman–Crippen MR) is 93.4 cm³/mol. The number of para-hydroxylation sites is 1. The summed E-state index contributed by atoms with van der Waals surface area (Å²) in [5, 5.41) is 6.04. The van der Waals surface area contributed by atoms with Gasteiger partial charge in [0.05, 0.1) is 0 Å². The van der Waals surface area contributed by atoms with Crippen LogP contribution in [0.1, 0.15) is 57.1 Å². The van der Waals surface area contributed by atoms with Crippen molar-refractivity contribution in [3.8, 4) is 0 Å². The molecule has 0 fully saturated rings. The summed E-state index contributed by atoms with van der Waals surface area (Å²) in [5.41, 5.74) is 4.88. The second kappa shape index (κ2) is 8.62. The first-order valence-corrected chi connectivity index (χ1v) is 8.58. The zero-order valence-electron chi connectivity index (χ0n) is 13.9. The van der Waals surface area contributed by atoms with Crippen LogP contribution in [0.5, 0.6) is 0 Å². The van der Waals surface area contributed by atoms with Gasteiger partial charge >= 0.3 is 6.03 Å². The van der Waals surface area contributed by atoms with Crippen LogP contribution in [0.25, 0.3) is 0 Å². The van der Waals surface area contributed by atoms with Gasteiger partial charge < -0.3 is 10.6 Å². The van der Waals surface area contributed by atoms with E-state index in [1.807, 2.05) is 0 Å². The number of hydrogen-bond donors (Lipinski definition) is 2. The highest BCUT2D eigenvalue weighted by atomic mass is 16.2. The van der Waals surface area contributed by atoms with E-state index in [1.54, 1.807) is 0 Å². The molecule has 1 aromatic rings. The maximum absolute atomic E-state index is 12.1. The number of aryl methyl sites for hydroxylation is 2. The van der Waals surface area contributed by atoms with Crippen LogP contribution in [0.15, 0.2) is 29.8 Å². The second-order valence-electron chi connectivity index (χ2n) is 5.90. The van der Waals surface area contributed by atoms with Gasteiger partial charge in [0.2, 0.25) is 0 Å². The van der Waals surface area contributed by atoms with E-state index in [4.69, 9.17) is 0 Å². The van der Waals surface area contributed by atoms with Crippen molar-refractivity contribution in [3.63, 3.8) is 0 Å². The number of rotatable bonds is 6. The van der Waals surface area contributed by atoms with Crippen molar-refractivity contribution in [1.29, 1.82) is 0 Å². The van der Waals surface area contributed by atoms with Crippen molar-refractivity contribution in [3.05, 3.63) is 41.0 Å². The Morgan fingerprint density at radius 3 is 2.45 bits per heavy atom. The van der Waals surface area contributed by atoms with Gasteiger partial charge in [-0.2, -0.15) is 0 Å². The summed E-state index contributed by atoms with van der Waals surface area (Å²) in [6, 6.07) is 6.14. The predicted octanol–water partition coefficient (Wildman–Crippen LogP) is 4.82. The third-order valence-corrected chi connectivity index (χ3v) is 4.35. The van der Waals surface area contributed by atoms with Crippen molar-refractivity contribution in [2.75, 3.05) is 11.9 Å². The third kappa shape index (κ3) is 4.62. The monoisotopic (exact) mass is 300 g/mol. The Bertz CT molecular complexity index is 512. The maximum atomic E-state index is 12.1. The Labute approximate surface area is 134 Å². The van der Waals surface area contributed by atoms with E-state index in [0.717, 1.165) is 24.9 Å². The summed E-state index contributed by atoms with van der Waals surface area (Å²) < 4.78 is 0. The molecule has 22 heavy (non-hydrogen) atoms. The topological polar surface area (TPSA) is 41.1 Å². The van der Waals surface area contributed by atoms with Gasteiger partial charge in [-0.1, -0.05) is 43.7 Å². The molecule has 0 spiro atoms. The normalized spacial score (nSPS) is 14.4. The molecule has 0 heterocycles. The van der Waals surface area contributed by atoms with Gasteiger partial charge in [-0.25, -0.2) is 4.79 Å². The first-order valence-electron chi connectivity index (χ1n) is 8.58. The van der Waals surface area contributed by atoms with Gasteiger partial charge in [0.25, 0.3) is 0 Å². The average Bonchev–Trinajstić information content (AvgIpc) is 2.56. The molecule has 0 aliphatic heterocycles. The lowest BCUT2D eigenvalue weighted by Gasteiger charge is -2.16. The first-order chi connectivity index (χ1) is 10.7. The van der Waals surface area contributed by atoms with Crippen molar-refractivity contribution >= 4 is 11.7 Å². The quantitative estimate of drug-likeness (QED) is 0.726. The molecule has 3 nitrogen and oxygen atoms in total. The van der Waals surface area contributed by atoms with E-state index >= 15 is 0 Å². The number of benzene rings is 1. The number of carbonyl (C=O) groups excluding carboxylic acids is 1. The van der Waals surface area contributed by atoms with Crippen LogP contribution in [0, 0.1) is 0 Å². The zero-order chi connectivity index (χ0) is 15.8. The molecule has 0 aromatic heterocycles. The highest BCUT2D eigenvalue weighted by Gasteiger charge is 2.10. The van der Waals surface area contributed by atoms with Crippen LogP contribution in [0.3, 0.4) is 0 Å². The molecule has 1 aliphatic carbocycles. The number of carbonyl (C=O) groups is 1. The number of urea groups is 1. The van der Waals surface area contributed by atoms with Crippen molar-refractivity contribution in [1.82, 2.24) is 5.32 Å². The Kier molecular flexibility index (Phi) is 6.50. The van der Waals surface area contributed by atoms with Gasteiger partial charge in [-0.15, -0.1) is 0 Å². The van der Waals surface area contributed by atoms with Gasteiger partial charge in [0.1, 0.15) is 0 Å². The van der Waals surface area contributed by atoms with Gasteiger partial charge in [0, 0.05) is 12.2 Å². The first kappa shape index (κ1) is 16.6. The lowest BCUT2D eigenvalue weighted by Crippen LogP contribution is -2.30. The standard InChI is InChI=1S/C19H28N2O/c1-3-16-11-8-12-17(4-2)18(16)21-19(22)20-14-13-15-9-6-5-7-10-15/h8-9,11-12H,3-7,10,13-14H2,1-2H3,(H2,20,21,22). The van der Waals surface area contributed by atoms with Crippen LogP contribution in [0.2, 0.25) is 0 Å². The Hall–Kier alpha value is -1.77. The molecular weight excluding hydrogens is 272 g/mol. The van der Waals surface area contributed by atoms with E-state index in [0.29, 0.717) is 6.54 Å². The molecule has 120 valence electrons. The smallest absolute Gasteiger partial charge is 0.319 e. The fourth-order valence-corrected chi connectivity index (χ4v) is 3.03. The number of hydrogen-bond acceptors (Lipinski definition) is 1. The molecule has 0 unspecified atom stereocenters.